The van der Waals surface area contributed by atoms with Crippen molar-refractivity contribution in [2.75, 3.05) is 4.90 Å². The van der Waals surface area contributed by atoms with Crippen LogP contribution in [0.5, 0.6) is 0 Å². The number of aromatic nitrogens is 4. The molecule has 7 nitrogen and oxygen atoms in total. The maximum atomic E-state index is 14.3. The molecule has 1 saturated carbocycles. The predicted octanol–water partition coefficient (Wildman–Crippen LogP) is 6.15. The van der Waals surface area contributed by atoms with Crippen LogP contribution in [0.1, 0.15) is 75.3 Å². The van der Waals surface area contributed by atoms with E-state index in [1.165, 1.54) is 6.07 Å². The zero-order valence-corrected chi connectivity index (χ0v) is 22.5. The van der Waals surface area contributed by atoms with E-state index < -0.39 is 23.3 Å². The first kappa shape index (κ1) is 25.7. The number of piperidine rings is 1. The second-order valence-electron chi connectivity index (χ2n) is 11.3. The van der Waals surface area contributed by atoms with Gasteiger partial charge in [-0.25, -0.2) is 13.8 Å². The number of benzene rings is 2. The van der Waals surface area contributed by atoms with Gasteiger partial charge < -0.3 is 14.6 Å². The van der Waals surface area contributed by atoms with Crippen molar-refractivity contribution in [2.45, 2.75) is 76.5 Å². The quantitative estimate of drug-likeness (QED) is 0.342. The van der Waals surface area contributed by atoms with Crippen LogP contribution in [-0.4, -0.2) is 35.9 Å². The average Bonchev–Trinajstić information content (AvgIpc) is 3.44. The van der Waals surface area contributed by atoms with E-state index in [4.69, 9.17) is 4.98 Å². The van der Waals surface area contributed by atoms with Crippen molar-refractivity contribution in [3.63, 3.8) is 0 Å². The van der Waals surface area contributed by atoms with Crippen molar-refractivity contribution >= 4 is 22.6 Å². The van der Waals surface area contributed by atoms with Gasteiger partial charge in [0.05, 0.1) is 34.6 Å². The maximum absolute atomic E-state index is 14.3. The van der Waals surface area contributed by atoms with Crippen LogP contribution in [0.4, 0.5) is 14.5 Å². The normalized spacial score (nSPS) is 24.1. The molecule has 1 N–H and O–H groups in total. The zero-order valence-electron chi connectivity index (χ0n) is 22.5. The zero-order chi connectivity index (χ0) is 27.5. The topological polar surface area (TPSA) is 76.2 Å². The standard InChI is InChI=1S/C30H33F2N5O2/c1-18-17-33-35(3)28(18)19-7-10-25-24(15-19)34-29(37(25)20-11-13-30(2,39)14-12-20)26-5-4-6-27(38)36(26)21-8-9-22(31)23(32)16-21/h7-10,15-17,20,26,39H,4-6,11-14H2,1-3H3. The molecule has 2 aromatic heterocycles. The monoisotopic (exact) mass is 533 g/mol. The summed E-state index contributed by atoms with van der Waals surface area (Å²) >= 11 is 0. The molecule has 9 heteroatoms. The summed E-state index contributed by atoms with van der Waals surface area (Å²) in [6.07, 6.45) is 6.41. The van der Waals surface area contributed by atoms with E-state index >= 15 is 0 Å². The van der Waals surface area contributed by atoms with Gasteiger partial charge in [-0.15, -0.1) is 0 Å². The fraction of sp³-hybridized carbons (Fsp3) is 0.433. The molecule has 0 spiro atoms. The third kappa shape index (κ3) is 4.52. The third-order valence-corrected chi connectivity index (χ3v) is 8.44. The Balaban J connectivity index is 1.51. The molecule has 1 atom stereocenters. The van der Waals surface area contributed by atoms with Gasteiger partial charge in [0, 0.05) is 36.8 Å². The molecular weight excluding hydrogens is 500 g/mol. The fourth-order valence-corrected chi connectivity index (χ4v) is 6.40. The molecule has 2 aromatic carbocycles. The molecule has 204 valence electrons. The first-order chi connectivity index (χ1) is 18.6. The Kier molecular flexibility index (Phi) is 6.29. The van der Waals surface area contributed by atoms with Crippen LogP contribution < -0.4 is 4.90 Å². The number of amides is 1. The highest BCUT2D eigenvalue weighted by atomic mass is 19.2. The van der Waals surface area contributed by atoms with E-state index in [0.29, 0.717) is 37.8 Å². The van der Waals surface area contributed by atoms with Crippen LogP contribution in [0.3, 0.4) is 0 Å². The van der Waals surface area contributed by atoms with Crippen molar-refractivity contribution in [3.05, 3.63) is 65.6 Å². The highest BCUT2D eigenvalue weighted by molar-refractivity contribution is 5.95. The molecule has 1 aliphatic carbocycles. The molecule has 2 fully saturated rings. The SMILES string of the molecule is Cc1cnn(C)c1-c1ccc2c(c1)nc(C1CCCC(=O)N1c1ccc(F)c(F)c1)n2C1CCC(C)(O)CC1. The first-order valence-electron chi connectivity index (χ1n) is 13.6. The molecule has 3 heterocycles. The van der Waals surface area contributed by atoms with Crippen molar-refractivity contribution in [2.24, 2.45) is 7.05 Å². The summed E-state index contributed by atoms with van der Waals surface area (Å²) < 4.78 is 32.1. The molecule has 0 radical (unpaired) electrons. The number of aliphatic hydroxyl groups is 1. The number of hydrogen-bond donors (Lipinski definition) is 1. The maximum Gasteiger partial charge on any atom is 0.227 e. The lowest BCUT2D eigenvalue weighted by Gasteiger charge is -2.38. The van der Waals surface area contributed by atoms with Crippen molar-refractivity contribution < 1.29 is 18.7 Å². The largest absolute Gasteiger partial charge is 0.390 e. The lowest BCUT2D eigenvalue weighted by atomic mass is 9.83. The Bertz CT molecular complexity index is 1540. The van der Waals surface area contributed by atoms with Crippen molar-refractivity contribution in [3.8, 4) is 11.3 Å². The Morgan fingerprint density at radius 1 is 1.05 bits per heavy atom. The van der Waals surface area contributed by atoms with E-state index in [-0.39, 0.29) is 11.9 Å². The van der Waals surface area contributed by atoms with Gasteiger partial charge in [-0.2, -0.15) is 5.10 Å². The Morgan fingerprint density at radius 3 is 2.51 bits per heavy atom. The molecule has 39 heavy (non-hydrogen) atoms. The average molecular weight is 534 g/mol. The van der Waals surface area contributed by atoms with Crippen LogP contribution in [0, 0.1) is 18.6 Å². The van der Waals surface area contributed by atoms with Crippen LogP contribution in [0.2, 0.25) is 0 Å². The summed E-state index contributed by atoms with van der Waals surface area (Å²) in [7, 11) is 1.91. The molecule has 0 bridgehead atoms. The van der Waals surface area contributed by atoms with Gasteiger partial charge in [0.25, 0.3) is 0 Å². The lowest BCUT2D eigenvalue weighted by Crippen LogP contribution is -2.40. The summed E-state index contributed by atoms with van der Waals surface area (Å²) in [4.78, 5) is 20.0. The number of halogens is 2. The summed E-state index contributed by atoms with van der Waals surface area (Å²) in [5.41, 5.74) is 4.48. The second-order valence-corrected chi connectivity index (χ2v) is 11.3. The fourth-order valence-electron chi connectivity index (χ4n) is 6.40. The predicted molar refractivity (Wildman–Crippen MR) is 145 cm³/mol. The minimum Gasteiger partial charge on any atom is -0.390 e. The molecule has 6 rings (SSSR count). The van der Waals surface area contributed by atoms with Gasteiger partial charge in [0.15, 0.2) is 11.6 Å². The van der Waals surface area contributed by atoms with E-state index in [1.807, 2.05) is 31.8 Å². The molecule has 1 unspecified atom stereocenters. The summed E-state index contributed by atoms with van der Waals surface area (Å²) in [6, 6.07) is 9.51. The van der Waals surface area contributed by atoms with Gasteiger partial charge in [-0.1, -0.05) is 6.07 Å². The van der Waals surface area contributed by atoms with Crippen LogP contribution in [-0.2, 0) is 11.8 Å². The smallest absolute Gasteiger partial charge is 0.227 e. The Hall–Kier alpha value is -3.59. The number of carbonyl (C=O) groups excluding carboxylic acids is 1. The molecular formula is C30H33F2N5O2. The minimum atomic E-state index is -0.983. The van der Waals surface area contributed by atoms with E-state index in [1.54, 1.807) is 4.90 Å². The Morgan fingerprint density at radius 2 is 1.82 bits per heavy atom. The second kappa shape index (κ2) is 9.55. The van der Waals surface area contributed by atoms with Gasteiger partial charge >= 0.3 is 0 Å². The van der Waals surface area contributed by atoms with Gasteiger partial charge in [0.2, 0.25) is 5.91 Å². The number of imidazole rings is 1. The minimum absolute atomic E-state index is 0.0957. The van der Waals surface area contributed by atoms with Crippen molar-refractivity contribution in [1.82, 2.24) is 19.3 Å². The summed E-state index contributed by atoms with van der Waals surface area (Å²) in [5.74, 6) is -1.31. The molecule has 2 aliphatic rings. The molecule has 1 amide bonds. The van der Waals surface area contributed by atoms with E-state index in [2.05, 4.69) is 27.9 Å². The van der Waals surface area contributed by atoms with Crippen LogP contribution >= 0.6 is 0 Å². The number of rotatable bonds is 4. The van der Waals surface area contributed by atoms with Crippen LogP contribution in [0.15, 0.2) is 42.6 Å². The highest BCUT2D eigenvalue weighted by Gasteiger charge is 2.37. The first-order valence-corrected chi connectivity index (χ1v) is 13.6. The third-order valence-electron chi connectivity index (χ3n) is 8.44. The van der Waals surface area contributed by atoms with Gasteiger partial charge in [0.1, 0.15) is 5.82 Å². The Labute approximate surface area is 226 Å². The summed E-state index contributed by atoms with van der Waals surface area (Å²) in [5, 5.41) is 15.0. The number of carbonyl (C=O) groups is 1. The van der Waals surface area contributed by atoms with Gasteiger partial charge in [-0.3, -0.25) is 9.48 Å². The van der Waals surface area contributed by atoms with E-state index in [0.717, 1.165) is 58.7 Å². The molecule has 1 aliphatic heterocycles. The van der Waals surface area contributed by atoms with Gasteiger partial charge in [-0.05, 0) is 82.2 Å². The number of anilines is 1. The number of aryl methyl sites for hydroxylation is 2. The number of nitrogens with zero attached hydrogens (tertiary/aromatic N) is 5. The van der Waals surface area contributed by atoms with E-state index in [9.17, 15) is 18.7 Å². The van der Waals surface area contributed by atoms with Crippen molar-refractivity contribution in [1.29, 1.82) is 0 Å². The molecule has 1 saturated heterocycles. The lowest BCUT2D eigenvalue weighted by molar-refractivity contribution is -0.120. The molecule has 4 aromatic rings. The summed E-state index contributed by atoms with van der Waals surface area (Å²) in [6.45, 7) is 3.90. The highest BCUT2D eigenvalue weighted by Crippen LogP contribution is 2.43. The number of fused-ring (bicyclic) bond motifs is 1. The van der Waals surface area contributed by atoms with Crippen LogP contribution in [0.25, 0.3) is 22.3 Å². The number of hydrogen-bond acceptors (Lipinski definition) is 4.